The molecule has 0 amide bonds. The molecule has 4 aromatic carbocycles. The molecule has 0 bridgehead atoms. The van der Waals surface area contributed by atoms with Gasteiger partial charge in [-0.05, 0) is 21.9 Å². The van der Waals surface area contributed by atoms with Gasteiger partial charge in [-0.3, -0.25) is 0 Å². The molecular formula is C32H30O. The second kappa shape index (κ2) is 11.1. The van der Waals surface area contributed by atoms with Crippen LogP contribution >= 0.6 is 0 Å². The van der Waals surface area contributed by atoms with Crippen molar-refractivity contribution < 1.29 is 4.74 Å². The monoisotopic (exact) mass is 430 g/mol. The van der Waals surface area contributed by atoms with Crippen molar-refractivity contribution in [1.29, 1.82) is 0 Å². The van der Waals surface area contributed by atoms with E-state index < -0.39 is 11.2 Å². The number of rotatable bonds is 8. The highest BCUT2D eigenvalue weighted by molar-refractivity contribution is 5.82. The molecule has 0 saturated carbocycles. The minimum Gasteiger partial charge on any atom is -0.343 e. The summed E-state index contributed by atoms with van der Waals surface area (Å²) in [5, 5.41) is 2.62. The van der Waals surface area contributed by atoms with Crippen molar-refractivity contribution >= 4 is 10.8 Å². The van der Waals surface area contributed by atoms with Gasteiger partial charge in [0.1, 0.15) is 11.2 Å². The van der Waals surface area contributed by atoms with Crippen molar-refractivity contribution in [2.45, 2.75) is 11.2 Å². The molecule has 0 aliphatic heterocycles. The molecule has 4 rings (SSSR count). The second-order valence-corrected chi connectivity index (χ2v) is 7.58. The Balaban J connectivity index is 0.000000252. The van der Waals surface area contributed by atoms with E-state index in [1.165, 1.54) is 10.8 Å². The Hall–Kier alpha value is -3.94. The number of benzene rings is 4. The summed E-state index contributed by atoms with van der Waals surface area (Å²) in [6.07, 6.45) is 7.00. The Morgan fingerprint density at radius 3 is 0.970 bits per heavy atom. The smallest absolute Gasteiger partial charge is 0.131 e. The third-order valence-corrected chi connectivity index (χ3v) is 5.66. The fourth-order valence-electron chi connectivity index (χ4n) is 3.73. The molecule has 0 aliphatic rings. The van der Waals surface area contributed by atoms with E-state index in [2.05, 4.69) is 74.8 Å². The molecule has 0 aliphatic carbocycles. The highest BCUT2D eigenvalue weighted by Crippen LogP contribution is 2.39. The van der Waals surface area contributed by atoms with Gasteiger partial charge in [-0.2, -0.15) is 0 Å². The molecule has 0 heterocycles. The lowest BCUT2D eigenvalue weighted by Gasteiger charge is -2.38. The normalized spacial score (nSPS) is 11.0. The maximum absolute atomic E-state index is 6.52. The SMILES string of the molecule is C=CC(C=C)(OC(C=C)(C=C)c1ccccc1)c1ccccc1.c1ccc2ccccc2c1. The van der Waals surface area contributed by atoms with Crippen LogP contribution in [0, 0.1) is 0 Å². The first-order valence-electron chi connectivity index (χ1n) is 10.9. The van der Waals surface area contributed by atoms with Gasteiger partial charge < -0.3 is 4.74 Å². The van der Waals surface area contributed by atoms with Gasteiger partial charge in [-0.25, -0.2) is 0 Å². The van der Waals surface area contributed by atoms with Crippen molar-refractivity contribution in [1.82, 2.24) is 0 Å². The number of hydrogen-bond acceptors (Lipinski definition) is 1. The summed E-state index contributed by atoms with van der Waals surface area (Å²) < 4.78 is 6.52. The summed E-state index contributed by atoms with van der Waals surface area (Å²) in [5.41, 5.74) is 0.210. The van der Waals surface area contributed by atoms with Crippen molar-refractivity contribution in [3.05, 3.63) is 171 Å². The van der Waals surface area contributed by atoms with Crippen molar-refractivity contribution in [2.24, 2.45) is 0 Å². The van der Waals surface area contributed by atoms with Crippen molar-refractivity contribution in [3.63, 3.8) is 0 Å². The molecule has 0 aromatic heterocycles. The van der Waals surface area contributed by atoms with Gasteiger partial charge >= 0.3 is 0 Å². The molecule has 33 heavy (non-hydrogen) atoms. The molecule has 0 N–H and O–H groups in total. The molecule has 0 atom stereocenters. The molecule has 0 unspecified atom stereocenters. The molecular weight excluding hydrogens is 400 g/mol. The Bertz CT molecular complexity index is 1060. The first-order chi connectivity index (χ1) is 16.1. The maximum atomic E-state index is 6.52. The van der Waals surface area contributed by atoms with E-state index in [-0.39, 0.29) is 0 Å². The fraction of sp³-hybridized carbons (Fsp3) is 0.0625. The molecule has 1 nitrogen and oxygen atoms in total. The molecule has 0 spiro atoms. The standard InChI is InChI=1S/C22H22O.C10H8/c1-5-21(6-2,19-15-11-9-12-16-19)23-22(7-3,8-4)20-17-13-10-14-18-20;1-2-6-10-8-4-3-7-9(10)5-1/h5-18H,1-4H2;1-8H. The van der Waals surface area contributed by atoms with E-state index in [0.717, 1.165) is 11.1 Å². The van der Waals surface area contributed by atoms with Crippen LogP contribution in [0.1, 0.15) is 11.1 Å². The van der Waals surface area contributed by atoms with Gasteiger partial charge in [-0.1, -0.05) is 160 Å². The van der Waals surface area contributed by atoms with Crippen LogP contribution in [0.5, 0.6) is 0 Å². The third-order valence-electron chi connectivity index (χ3n) is 5.66. The lowest BCUT2D eigenvalue weighted by molar-refractivity contribution is -0.0627. The molecule has 0 radical (unpaired) electrons. The summed E-state index contributed by atoms with van der Waals surface area (Å²) in [5.74, 6) is 0. The zero-order chi connectivity index (χ0) is 23.6. The van der Waals surface area contributed by atoms with Crippen molar-refractivity contribution in [3.8, 4) is 0 Å². The minimum atomic E-state index is -0.848. The van der Waals surface area contributed by atoms with Gasteiger partial charge in [0.15, 0.2) is 0 Å². The van der Waals surface area contributed by atoms with Crippen LogP contribution in [0.25, 0.3) is 10.8 Å². The number of fused-ring (bicyclic) bond motifs is 1. The summed E-state index contributed by atoms with van der Waals surface area (Å²) >= 11 is 0. The first-order valence-corrected chi connectivity index (χ1v) is 10.9. The van der Waals surface area contributed by atoms with Crippen LogP contribution in [0.4, 0.5) is 0 Å². The summed E-state index contributed by atoms with van der Waals surface area (Å²) in [6, 6.07) is 36.5. The highest BCUT2D eigenvalue weighted by Gasteiger charge is 2.37. The molecule has 164 valence electrons. The number of hydrogen-bond donors (Lipinski definition) is 0. The van der Waals surface area contributed by atoms with E-state index >= 15 is 0 Å². The van der Waals surface area contributed by atoms with Crippen LogP contribution < -0.4 is 0 Å². The summed E-state index contributed by atoms with van der Waals surface area (Å²) in [7, 11) is 0. The predicted molar refractivity (Wildman–Crippen MR) is 142 cm³/mol. The second-order valence-electron chi connectivity index (χ2n) is 7.58. The largest absolute Gasteiger partial charge is 0.343 e. The zero-order valence-corrected chi connectivity index (χ0v) is 18.9. The highest BCUT2D eigenvalue weighted by atomic mass is 16.5. The van der Waals surface area contributed by atoms with E-state index in [4.69, 9.17) is 4.74 Å². The maximum Gasteiger partial charge on any atom is 0.131 e. The zero-order valence-electron chi connectivity index (χ0n) is 18.9. The molecule has 1 heteroatoms. The van der Waals surface area contributed by atoms with Crippen LogP contribution in [0.3, 0.4) is 0 Å². The van der Waals surface area contributed by atoms with E-state index in [9.17, 15) is 0 Å². The Morgan fingerprint density at radius 2 is 0.697 bits per heavy atom. The third kappa shape index (κ3) is 5.28. The van der Waals surface area contributed by atoms with Crippen LogP contribution in [-0.4, -0.2) is 0 Å². The van der Waals surface area contributed by atoms with Crippen molar-refractivity contribution in [2.75, 3.05) is 0 Å². The van der Waals surface area contributed by atoms with E-state index in [1.807, 2.05) is 60.7 Å². The van der Waals surface area contributed by atoms with Gasteiger partial charge in [0.05, 0.1) is 0 Å². The fourth-order valence-corrected chi connectivity index (χ4v) is 3.73. The van der Waals surface area contributed by atoms with Gasteiger partial charge in [-0.15, -0.1) is 0 Å². The summed E-state index contributed by atoms with van der Waals surface area (Å²) in [4.78, 5) is 0. The van der Waals surface area contributed by atoms with E-state index in [0.29, 0.717) is 0 Å². The van der Waals surface area contributed by atoms with Crippen LogP contribution in [0.2, 0.25) is 0 Å². The summed E-state index contributed by atoms with van der Waals surface area (Å²) in [6.45, 7) is 15.8. The average Bonchev–Trinajstić information content (AvgIpc) is 2.91. The number of ether oxygens (including phenoxy) is 1. The van der Waals surface area contributed by atoms with Crippen LogP contribution in [0.15, 0.2) is 160 Å². The van der Waals surface area contributed by atoms with Gasteiger partial charge in [0, 0.05) is 0 Å². The van der Waals surface area contributed by atoms with E-state index in [1.54, 1.807) is 24.3 Å². The molecule has 0 saturated heterocycles. The lowest BCUT2D eigenvalue weighted by atomic mass is 9.88. The van der Waals surface area contributed by atoms with Gasteiger partial charge in [0.2, 0.25) is 0 Å². The van der Waals surface area contributed by atoms with Crippen LogP contribution in [-0.2, 0) is 15.9 Å². The topological polar surface area (TPSA) is 9.23 Å². The first kappa shape index (κ1) is 23.7. The lowest BCUT2D eigenvalue weighted by Crippen LogP contribution is -2.36. The Kier molecular flexibility index (Phi) is 7.96. The molecule has 4 aromatic rings. The quantitative estimate of drug-likeness (QED) is 0.255. The van der Waals surface area contributed by atoms with Gasteiger partial charge in [0.25, 0.3) is 0 Å². The Morgan fingerprint density at radius 1 is 0.424 bits per heavy atom. The average molecular weight is 431 g/mol. The molecule has 0 fully saturated rings. The minimum absolute atomic E-state index is 0.848. The predicted octanol–water partition coefficient (Wildman–Crippen LogP) is 8.38. The Labute approximate surface area is 197 Å².